The molecule has 26 heavy (non-hydrogen) atoms. The highest BCUT2D eigenvalue weighted by Gasteiger charge is 2.11. The molecule has 5 nitrogen and oxygen atoms in total. The highest BCUT2D eigenvalue weighted by Crippen LogP contribution is 2.21. The Hall–Kier alpha value is -3.21. The molecule has 0 spiro atoms. The van der Waals surface area contributed by atoms with Gasteiger partial charge in [0, 0.05) is 17.3 Å². The maximum atomic E-state index is 12.5. The van der Waals surface area contributed by atoms with Crippen LogP contribution in [-0.2, 0) is 17.8 Å². The van der Waals surface area contributed by atoms with Crippen molar-refractivity contribution in [1.29, 1.82) is 0 Å². The molecule has 132 valence electrons. The quantitative estimate of drug-likeness (QED) is 0.769. The largest absolute Gasteiger partial charge is 0.324 e. The maximum absolute atomic E-state index is 12.5. The Bertz CT molecular complexity index is 978. The van der Waals surface area contributed by atoms with E-state index in [-0.39, 0.29) is 18.0 Å². The van der Waals surface area contributed by atoms with Crippen LogP contribution in [0.3, 0.4) is 0 Å². The Labute approximate surface area is 152 Å². The zero-order valence-corrected chi connectivity index (χ0v) is 14.9. The Morgan fingerprint density at radius 1 is 1.04 bits per heavy atom. The molecule has 5 heteroatoms. The first kappa shape index (κ1) is 17.6. The maximum Gasteiger partial charge on any atom is 0.267 e. The Kier molecular flexibility index (Phi) is 5.27. The second-order valence-corrected chi connectivity index (χ2v) is 6.09. The zero-order chi connectivity index (χ0) is 18.5. The highest BCUT2D eigenvalue weighted by atomic mass is 16.2. The van der Waals surface area contributed by atoms with E-state index in [0.717, 1.165) is 28.8 Å². The normalized spacial score (nSPS) is 10.5. The summed E-state index contributed by atoms with van der Waals surface area (Å²) in [5, 5.41) is 7.26. The topological polar surface area (TPSA) is 64.0 Å². The van der Waals surface area contributed by atoms with Crippen LogP contribution in [0.2, 0.25) is 0 Å². The molecule has 3 aromatic rings. The van der Waals surface area contributed by atoms with Crippen LogP contribution in [0.5, 0.6) is 0 Å². The Morgan fingerprint density at radius 2 is 1.81 bits per heavy atom. The second kappa shape index (κ2) is 7.78. The molecular weight excluding hydrogens is 326 g/mol. The number of hydrogen-bond donors (Lipinski definition) is 1. The molecule has 0 bridgehead atoms. The summed E-state index contributed by atoms with van der Waals surface area (Å²) in [4.78, 5) is 24.6. The van der Waals surface area contributed by atoms with Gasteiger partial charge < -0.3 is 5.32 Å². The minimum atomic E-state index is -0.305. The number of rotatable bonds is 5. The van der Waals surface area contributed by atoms with E-state index in [2.05, 4.69) is 10.4 Å². The van der Waals surface area contributed by atoms with Crippen molar-refractivity contribution in [2.45, 2.75) is 26.8 Å². The van der Waals surface area contributed by atoms with Crippen molar-refractivity contribution in [2.24, 2.45) is 0 Å². The molecule has 0 fully saturated rings. The fourth-order valence-electron chi connectivity index (χ4n) is 2.84. The molecule has 0 saturated carbocycles. The lowest BCUT2D eigenvalue weighted by Gasteiger charge is -2.13. The lowest BCUT2D eigenvalue weighted by atomic mass is 10.1. The summed E-state index contributed by atoms with van der Waals surface area (Å²) in [5.74, 6) is -0.270. The molecule has 1 heterocycles. The van der Waals surface area contributed by atoms with Crippen molar-refractivity contribution in [3.8, 4) is 11.3 Å². The summed E-state index contributed by atoms with van der Waals surface area (Å²) in [7, 11) is 0. The fraction of sp³-hybridized carbons (Fsp3) is 0.190. The summed E-state index contributed by atoms with van der Waals surface area (Å²) >= 11 is 0. The van der Waals surface area contributed by atoms with Crippen LogP contribution in [0.25, 0.3) is 11.3 Å². The van der Waals surface area contributed by atoms with Crippen molar-refractivity contribution in [3.05, 3.63) is 82.1 Å². The van der Waals surface area contributed by atoms with Crippen LogP contribution >= 0.6 is 0 Å². The van der Waals surface area contributed by atoms with Crippen LogP contribution in [0.15, 0.2) is 65.5 Å². The third-order valence-corrected chi connectivity index (χ3v) is 4.23. The molecule has 1 N–H and O–H groups in total. The molecule has 0 radical (unpaired) electrons. The average Bonchev–Trinajstić information content (AvgIpc) is 2.66. The number of aromatic nitrogens is 2. The minimum Gasteiger partial charge on any atom is -0.324 e. The molecule has 2 aromatic carbocycles. The third-order valence-electron chi connectivity index (χ3n) is 4.23. The van der Waals surface area contributed by atoms with E-state index in [1.165, 1.54) is 10.7 Å². The number of anilines is 1. The molecule has 3 rings (SSSR count). The van der Waals surface area contributed by atoms with Crippen molar-refractivity contribution < 1.29 is 4.79 Å². The summed E-state index contributed by atoms with van der Waals surface area (Å²) < 4.78 is 1.20. The first-order chi connectivity index (χ1) is 12.6. The molecule has 0 atom stereocenters. The number of hydrogen-bond acceptors (Lipinski definition) is 3. The molecule has 0 aliphatic carbocycles. The van der Waals surface area contributed by atoms with Crippen molar-refractivity contribution in [2.75, 3.05) is 5.32 Å². The van der Waals surface area contributed by atoms with Crippen molar-refractivity contribution in [3.63, 3.8) is 0 Å². The highest BCUT2D eigenvalue weighted by molar-refractivity contribution is 5.92. The molecule has 0 saturated heterocycles. The van der Waals surface area contributed by atoms with Gasteiger partial charge in [0.1, 0.15) is 6.54 Å². The summed E-state index contributed by atoms with van der Waals surface area (Å²) in [6, 6.07) is 18.6. The summed E-state index contributed by atoms with van der Waals surface area (Å²) in [5.41, 5.74) is 4.12. The fourth-order valence-corrected chi connectivity index (χ4v) is 2.84. The van der Waals surface area contributed by atoms with E-state index in [9.17, 15) is 9.59 Å². The van der Waals surface area contributed by atoms with Crippen LogP contribution in [0, 0.1) is 6.92 Å². The van der Waals surface area contributed by atoms with Gasteiger partial charge in [0.25, 0.3) is 5.56 Å². The van der Waals surface area contributed by atoms with E-state index in [0.29, 0.717) is 5.69 Å². The predicted octanol–water partition coefficient (Wildman–Crippen LogP) is 3.42. The van der Waals surface area contributed by atoms with E-state index in [1.807, 2.05) is 62.4 Å². The van der Waals surface area contributed by atoms with E-state index < -0.39 is 0 Å². The van der Waals surface area contributed by atoms with Crippen LogP contribution in [-0.4, -0.2) is 15.7 Å². The van der Waals surface area contributed by atoms with E-state index in [4.69, 9.17) is 0 Å². The zero-order valence-electron chi connectivity index (χ0n) is 14.9. The number of carbonyl (C=O) groups is 1. The molecule has 0 unspecified atom stereocenters. The number of aryl methyl sites for hydroxylation is 2. The standard InChI is InChI=1S/C21H21N3O2/c1-3-16-11-7-8-15(2)21(16)22-19(25)14-24-20(26)13-12-18(23-24)17-9-5-4-6-10-17/h4-13H,3,14H2,1-2H3,(H,22,25). The summed E-state index contributed by atoms with van der Waals surface area (Å²) in [6.07, 6.45) is 0.818. The monoisotopic (exact) mass is 347 g/mol. The van der Waals surface area contributed by atoms with E-state index in [1.54, 1.807) is 6.07 Å². The number of amides is 1. The van der Waals surface area contributed by atoms with Gasteiger partial charge in [0.15, 0.2) is 0 Å². The Morgan fingerprint density at radius 3 is 2.54 bits per heavy atom. The summed E-state index contributed by atoms with van der Waals surface area (Å²) in [6.45, 7) is 3.87. The van der Waals surface area contributed by atoms with Gasteiger partial charge in [-0.15, -0.1) is 0 Å². The SMILES string of the molecule is CCc1cccc(C)c1NC(=O)Cn1nc(-c2ccccc2)ccc1=O. The number of nitrogens with one attached hydrogen (secondary N) is 1. The van der Waals surface area contributed by atoms with E-state index >= 15 is 0 Å². The van der Waals surface area contributed by atoms with Gasteiger partial charge >= 0.3 is 0 Å². The first-order valence-electron chi connectivity index (χ1n) is 8.60. The number of carbonyl (C=O) groups excluding carboxylic acids is 1. The van der Waals surface area contributed by atoms with Gasteiger partial charge in [-0.25, -0.2) is 4.68 Å². The average molecular weight is 347 g/mol. The molecule has 1 aromatic heterocycles. The smallest absolute Gasteiger partial charge is 0.267 e. The van der Waals surface area contributed by atoms with Gasteiger partial charge in [-0.1, -0.05) is 55.5 Å². The van der Waals surface area contributed by atoms with Crippen molar-refractivity contribution >= 4 is 11.6 Å². The molecule has 0 aliphatic heterocycles. The van der Waals surface area contributed by atoms with Crippen LogP contribution < -0.4 is 10.9 Å². The van der Waals surface area contributed by atoms with Gasteiger partial charge in [0.2, 0.25) is 5.91 Å². The van der Waals surface area contributed by atoms with Gasteiger partial charge in [-0.05, 0) is 30.5 Å². The first-order valence-corrected chi connectivity index (χ1v) is 8.60. The van der Waals surface area contributed by atoms with Gasteiger partial charge in [-0.2, -0.15) is 5.10 Å². The molecule has 1 amide bonds. The predicted molar refractivity (Wildman–Crippen MR) is 103 cm³/mol. The number of nitrogens with zero attached hydrogens (tertiary/aromatic N) is 2. The van der Waals surface area contributed by atoms with Crippen LogP contribution in [0.4, 0.5) is 5.69 Å². The van der Waals surface area contributed by atoms with Crippen molar-refractivity contribution in [1.82, 2.24) is 9.78 Å². The molecule has 0 aliphatic rings. The minimum absolute atomic E-state index is 0.128. The lowest BCUT2D eigenvalue weighted by molar-refractivity contribution is -0.117. The second-order valence-electron chi connectivity index (χ2n) is 6.09. The molecular formula is C21H21N3O2. The Balaban J connectivity index is 1.83. The number of benzene rings is 2. The van der Waals surface area contributed by atoms with Crippen LogP contribution in [0.1, 0.15) is 18.1 Å². The number of para-hydroxylation sites is 1. The lowest BCUT2D eigenvalue weighted by Crippen LogP contribution is -2.29. The third kappa shape index (κ3) is 3.88. The van der Waals surface area contributed by atoms with Gasteiger partial charge in [-0.3, -0.25) is 9.59 Å². The van der Waals surface area contributed by atoms with Gasteiger partial charge in [0.05, 0.1) is 5.69 Å².